The maximum absolute atomic E-state index is 5.20. The first-order valence-corrected chi connectivity index (χ1v) is 9.01. The monoisotopic (exact) mass is 328 g/mol. The molecule has 0 bridgehead atoms. The van der Waals surface area contributed by atoms with Crippen molar-refractivity contribution >= 4 is 6.01 Å². The Labute approximate surface area is 144 Å². The predicted molar refractivity (Wildman–Crippen MR) is 95.9 cm³/mol. The number of aromatic nitrogens is 2. The maximum atomic E-state index is 5.20. The zero-order chi connectivity index (χ0) is 16.9. The molecule has 0 radical (unpaired) electrons. The summed E-state index contributed by atoms with van der Waals surface area (Å²) in [5.74, 6) is 1.02. The molecule has 2 heterocycles. The molecular formula is C19H28N4O. The third-order valence-corrected chi connectivity index (χ3v) is 4.75. The standard InChI is InChI=1S/C19H28N4O/c1-14(2)18-21-19(24-22-18)20-12-16-7-9-17(10-8-16)13-23-11-5-4-6-15(23)3/h7-10,14-15H,4-6,11-13H2,1-3H3,(H,20,21,22). The Bertz CT molecular complexity index is 635. The molecule has 1 aromatic heterocycles. The summed E-state index contributed by atoms with van der Waals surface area (Å²) in [4.78, 5) is 6.92. The minimum absolute atomic E-state index is 0.278. The van der Waals surface area contributed by atoms with Gasteiger partial charge in [0, 0.05) is 25.0 Å². The van der Waals surface area contributed by atoms with Crippen LogP contribution in [0.3, 0.4) is 0 Å². The molecule has 1 aliphatic heterocycles. The van der Waals surface area contributed by atoms with Gasteiger partial charge in [-0.1, -0.05) is 49.7 Å². The first kappa shape index (κ1) is 17.0. The second-order valence-electron chi connectivity index (χ2n) is 7.10. The first-order valence-electron chi connectivity index (χ1n) is 9.01. The fourth-order valence-corrected chi connectivity index (χ4v) is 3.11. The molecule has 1 N–H and O–H groups in total. The number of piperidine rings is 1. The van der Waals surface area contributed by atoms with E-state index < -0.39 is 0 Å². The van der Waals surface area contributed by atoms with Crippen LogP contribution < -0.4 is 5.32 Å². The molecule has 130 valence electrons. The highest BCUT2D eigenvalue weighted by Gasteiger charge is 2.17. The van der Waals surface area contributed by atoms with E-state index in [1.54, 1.807) is 0 Å². The molecule has 1 atom stereocenters. The summed E-state index contributed by atoms with van der Waals surface area (Å²) in [5.41, 5.74) is 2.60. The second kappa shape index (κ2) is 7.79. The van der Waals surface area contributed by atoms with Gasteiger partial charge in [-0.3, -0.25) is 4.90 Å². The number of hydrogen-bond donors (Lipinski definition) is 1. The summed E-state index contributed by atoms with van der Waals surface area (Å²) in [5, 5.41) is 7.15. The van der Waals surface area contributed by atoms with E-state index in [1.165, 1.54) is 36.9 Å². The van der Waals surface area contributed by atoms with E-state index in [4.69, 9.17) is 4.52 Å². The van der Waals surface area contributed by atoms with Crippen LogP contribution in [0.25, 0.3) is 0 Å². The van der Waals surface area contributed by atoms with Gasteiger partial charge in [0.05, 0.1) is 0 Å². The topological polar surface area (TPSA) is 54.2 Å². The van der Waals surface area contributed by atoms with Crippen molar-refractivity contribution in [3.05, 3.63) is 41.2 Å². The average molecular weight is 328 g/mol. The molecule has 1 aromatic carbocycles. The summed E-state index contributed by atoms with van der Waals surface area (Å²) in [7, 11) is 0. The Morgan fingerprint density at radius 2 is 1.96 bits per heavy atom. The van der Waals surface area contributed by atoms with E-state index in [9.17, 15) is 0 Å². The zero-order valence-corrected chi connectivity index (χ0v) is 15.0. The lowest BCUT2D eigenvalue weighted by molar-refractivity contribution is 0.152. The highest BCUT2D eigenvalue weighted by Crippen LogP contribution is 2.19. The number of benzene rings is 1. The summed E-state index contributed by atoms with van der Waals surface area (Å²) in [6, 6.07) is 10.0. The molecule has 0 saturated carbocycles. The van der Waals surface area contributed by atoms with Crippen LogP contribution in [0, 0.1) is 0 Å². The molecular weight excluding hydrogens is 300 g/mol. The van der Waals surface area contributed by atoms with Crippen LogP contribution in [-0.2, 0) is 13.1 Å². The van der Waals surface area contributed by atoms with E-state index in [-0.39, 0.29) is 5.92 Å². The highest BCUT2D eigenvalue weighted by molar-refractivity contribution is 5.27. The van der Waals surface area contributed by atoms with E-state index in [0.717, 1.165) is 12.4 Å². The lowest BCUT2D eigenvalue weighted by atomic mass is 10.0. The third-order valence-electron chi connectivity index (χ3n) is 4.75. The smallest absolute Gasteiger partial charge is 0.321 e. The van der Waals surface area contributed by atoms with Gasteiger partial charge in [0.2, 0.25) is 0 Å². The number of rotatable bonds is 6. The maximum Gasteiger partial charge on any atom is 0.321 e. The molecule has 3 rings (SSSR count). The van der Waals surface area contributed by atoms with Crippen LogP contribution >= 0.6 is 0 Å². The van der Waals surface area contributed by atoms with Gasteiger partial charge in [0.15, 0.2) is 5.82 Å². The van der Waals surface area contributed by atoms with Crippen LogP contribution in [-0.4, -0.2) is 27.6 Å². The van der Waals surface area contributed by atoms with E-state index in [2.05, 4.69) is 65.4 Å². The van der Waals surface area contributed by atoms with Crippen molar-refractivity contribution in [2.75, 3.05) is 11.9 Å². The number of hydrogen-bond acceptors (Lipinski definition) is 5. The molecule has 24 heavy (non-hydrogen) atoms. The summed E-state index contributed by atoms with van der Waals surface area (Å²) >= 11 is 0. The average Bonchev–Trinajstić information content (AvgIpc) is 3.06. The lowest BCUT2D eigenvalue weighted by Gasteiger charge is -2.33. The van der Waals surface area contributed by atoms with Crippen molar-refractivity contribution in [1.29, 1.82) is 0 Å². The normalized spacial score (nSPS) is 18.9. The van der Waals surface area contributed by atoms with Gasteiger partial charge in [0.1, 0.15) is 0 Å². The van der Waals surface area contributed by atoms with E-state index in [0.29, 0.717) is 18.6 Å². The number of likely N-dealkylation sites (tertiary alicyclic amines) is 1. The van der Waals surface area contributed by atoms with Crippen molar-refractivity contribution in [2.24, 2.45) is 0 Å². The molecule has 2 aromatic rings. The first-order chi connectivity index (χ1) is 11.6. The minimum atomic E-state index is 0.278. The van der Waals surface area contributed by atoms with Gasteiger partial charge >= 0.3 is 6.01 Å². The van der Waals surface area contributed by atoms with Gasteiger partial charge in [-0.15, -0.1) is 0 Å². The van der Waals surface area contributed by atoms with Crippen molar-refractivity contribution in [3.8, 4) is 0 Å². The summed E-state index contributed by atoms with van der Waals surface area (Å²) in [6.45, 7) is 9.41. The van der Waals surface area contributed by atoms with Crippen molar-refractivity contribution in [1.82, 2.24) is 15.0 Å². The Hall–Kier alpha value is -1.88. The van der Waals surface area contributed by atoms with Crippen LogP contribution in [0.15, 0.2) is 28.8 Å². The Morgan fingerprint density at radius 1 is 1.21 bits per heavy atom. The number of nitrogens with one attached hydrogen (secondary N) is 1. The molecule has 5 nitrogen and oxygen atoms in total. The van der Waals surface area contributed by atoms with Crippen molar-refractivity contribution in [2.45, 2.75) is 65.1 Å². The van der Waals surface area contributed by atoms with Crippen LogP contribution in [0.1, 0.15) is 62.9 Å². The largest absolute Gasteiger partial charge is 0.334 e. The predicted octanol–water partition coefficient (Wildman–Crippen LogP) is 4.18. The number of nitrogens with zero attached hydrogens (tertiary/aromatic N) is 3. The van der Waals surface area contributed by atoms with Crippen molar-refractivity contribution < 1.29 is 4.52 Å². The van der Waals surface area contributed by atoms with Gasteiger partial charge in [-0.25, -0.2) is 0 Å². The quantitative estimate of drug-likeness (QED) is 0.862. The molecule has 0 amide bonds. The third kappa shape index (κ3) is 4.35. The number of anilines is 1. The van der Waals surface area contributed by atoms with Gasteiger partial charge in [-0.05, 0) is 37.4 Å². The van der Waals surface area contributed by atoms with Gasteiger partial charge in [0.25, 0.3) is 0 Å². The molecule has 0 aliphatic carbocycles. The molecule has 1 unspecified atom stereocenters. The highest BCUT2D eigenvalue weighted by atomic mass is 16.5. The summed E-state index contributed by atoms with van der Waals surface area (Å²) in [6.07, 6.45) is 4.02. The second-order valence-corrected chi connectivity index (χ2v) is 7.10. The Morgan fingerprint density at radius 3 is 2.62 bits per heavy atom. The lowest BCUT2D eigenvalue weighted by Crippen LogP contribution is -2.36. The Balaban J connectivity index is 1.52. The van der Waals surface area contributed by atoms with Crippen LogP contribution in [0.4, 0.5) is 6.01 Å². The molecule has 1 fully saturated rings. The van der Waals surface area contributed by atoms with Crippen LogP contribution in [0.2, 0.25) is 0 Å². The van der Waals surface area contributed by atoms with Gasteiger partial charge in [-0.2, -0.15) is 4.98 Å². The fourth-order valence-electron chi connectivity index (χ4n) is 3.11. The fraction of sp³-hybridized carbons (Fsp3) is 0.579. The van der Waals surface area contributed by atoms with Gasteiger partial charge < -0.3 is 9.84 Å². The Kier molecular flexibility index (Phi) is 5.51. The van der Waals surface area contributed by atoms with Crippen molar-refractivity contribution in [3.63, 3.8) is 0 Å². The minimum Gasteiger partial charge on any atom is -0.334 e. The molecule has 1 aliphatic rings. The molecule has 1 saturated heterocycles. The SMILES string of the molecule is CC(C)c1noc(NCc2ccc(CN3CCCCC3C)cc2)n1. The van der Waals surface area contributed by atoms with E-state index >= 15 is 0 Å². The van der Waals surface area contributed by atoms with E-state index in [1.807, 2.05) is 0 Å². The van der Waals surface area contributed by atoms with Crippen LogP contribution in [0.5, 0.6) is 0 Å². The summed E-state index contributed by atoms with van der Waals surface area (Å²) < 4.78 is 5.20. The molecule has 0 spiro atoms. The zero-order valence-electron chi connectivity index (χ0n) is 15.0. The molecule has 5 heteroatoms.